The molecule has 0 spiro atoms. The zero-order chi connectivity index (χ0) is 13.1. The highest BCUT2D eigenvalue weighted by Crippen LogP contribution is 2.28. The lowest BCUT2D eigenvalue weighted by atomic mass is 10.1. The van der Waals surface area contributed by atoms with Gasteiger partial charge in [0.1, 0.15) is 11.5 Å². The molecule has 0 fully saturated rings. The fourth-order valence-electron chi connectivity index (χ4n) is 1.48. The van der Waals surface area contributed by atoms with E-state index < -0.39 is 0 Å². The first-order valence-electron chi connectivity index (χ1n) is 5.16. The number of carbonyl (C=O) groups excluding carboxylic acids is 1. The van der Waals surface area contributed by atoms with Gasteiger partial charge < -0.3 is 9.47 Å². The standard InChI is InChI=1S/C13H11ClO3S/c1-16-8-3-4-10(11(14)5-8)13(15)12-6-9(17-2)7-18-12/h3-7H,1-2H3. The van der Waals surface area contributed by atoms with Crippen molar-refractivity contribution in [1.82, 2.24) is 0 Å². The Hall–Kier alpha value is -1.52. The highest BCUT2D eigenvalue weighted by Gasteiger charge is 2.15. The second kappa shape index (κ2) is 5.42. The van der Waals surface area contributed by atoms with Gasteiger partial charge in [0, 0.05) is 17.0 Å². The van der Waals surface area contributed by atoms with Crippen molar-refractivity contribution >= 4 is 28.7 Å². The first-order valence-corrected chi connectivity index (χ1v) is 6.42. The van der Waals surface area contributed by atoms with E-state index in [-0.39, 0.29) is 5.78 Å². The molecule has 2 aromatic rings. The molecule has 1 aromatic carbocycles. The van der Waals surface area contributed by atoms with Crippen LogP contribution in [-0.2, 0) is 0 Å². The third-order valence-electron chi connectivity index (χ3n) is 2.46. The molecule has 0 saturated carbocycles. The molecule has 0 amide bonds. The van der Waals surface area contributed by atoms with Crippen molar-refractivity contribution in [3.8, 4) is 11.5 Å². The Balaban J connectivity index is 2.33. The highest BCUT2D eigenvalue weighted by molar-refractivity contribution is 7.12. The van der Waals surface area contributed by atoms with Gasteiger partial charge in [0.15, 0.2) is 0 Å². The second-order valence-electron chi connectivity index (χ2n) is 3.53. The van der Waals surface area contributed by atoms with E-state index in [0.717, 1.165) is 0 Å². The van der Waals surface area contributed by atoms with Crippen molar-refractivity contribution in [1.29, 1.82) is 0 Å². The predicted octanol–water partition coefficient (Wildman–Crippen LogP) is 3.65. The highest BCUT2D eigenvalue weighted by atomic mass is 35.5. The molecule has 0 unspecified atom stereocenters. The molecule has 0 saturated heterocycles. The molecule has 0 radical (unpaired) electrons. The molecule has 0 aliphatic rings. The Bertz CT molecular complexity index is 577. The van der Waals surface area contributed by atoms with Gasteiger partial charge >= 0.3 is 0 Å². The van der Waals surface area contributed by atoms with Crippen molar-refractivity contribution < 1.29 is 14.3 Å². The first kappa shape index (κ1) is 12.9. The third kappa shape index (κ3) is 2.49. The van der Waals surface area contributed by atoms with Gasteiger partial charge in [-0.25, -0.2) is 0 Å². The molecule has 0 bridgehead atoms. The van der Waals surface area contributed by atoms with Crippen molar-refractivity contribution in [2.45, 2.75) is 0 Å². The second-order valence-corrected chi connectivity index (χ2v) is 4.84. The molecule has 0 atom stereocenters. The lowest BCUT2D eigenvalue weighted by Crippen LogP contribution is -1.99. The maximum absolute atomic E-state index is 12.2. The number of ketones is 1. The minimum Gasteiger partial charge on any atom is -0.497 e. The maximum atomic E-state index is 12.2. The molecular weight excluding hydrogens is 272 g/mol. The van der Waals surface area contributed by atoms with Crippen molar-refractivity contribution in [3.05, 3.63) is 45.1 Å². The lowest BCUT2D eigenvalue weighted by molar-refractivity contribution is 0.104. The van der Waals surface area contributed by atoms with Gasteiger partial charge in [-0.1, -0.05) is 11.6 Å². The monoisotopic (exact) mass is 282 g/mol. The Labute approximate surface area is 114 Å². The van der Waals surface area contributed by atoms with Crippen molar-refractivity contribution in [2.24, 2.45) is 0 Å². The molecule has 3 nitrogen and oxygen atoms in total. The molecule has 0 aliphatic heterocycles. The molecule has 0 N–H and O–H groups in total. The van der Waals surface area contributed by atoms with Crippen LogP contribution >= 0.6 is 22.9 Å². The van der Waals surface area contributed by atoms with Crippen LogP contribution in [0.4, 0.5) is 0 Å². The quantitative estimate of drug-likeness (QED) is 0.803. The number of thiophene rings is 1. The van der Waals surface area contributed by atoms with Crippen molar-refractivity contribution in [2.75, 3.05) is 14.2 Å². The average molecular weight is 283 g/mol. The summed E-state index contributed by atoms with van der Waals surface area (Å²) in [6, 6.07) is 6.70. The lowest BCUT2D eigenvalue weighted by Gasteiger charge is -2.04. The van der Waals surface area contributed by atoms with Crippen LogP contribution in [0.15, 0.2) is 29.6 Å². The fourth-order valence-corrected chi connectivity index (χ4v) is 2.55. The Morgan fingerprint density at radius 1 is 1.17 bits per heavy atom. The average Bonchev–Trinajstić information content (AvgIpc) is 2.86. The SMILES string of the molecule is COc1csc(C(=O)c2ccc(OC)cc2Cl)c1. The van der Waals surface area contributed by atoms with E-state index in [9.17, 15) is 4.79 Å². The van der Waals surface area contributed by atoms with Crippen LogP contribution < -0.4 is 9.47 Å². The number of hydrogen-bond donors (Lipinski definition) is 0. The first-order chi connectivity index (χ1) is 8.65. The molecule has 2 rings (SSSR count). The summed E-state index contributed by atoms with van der Waals surface area (Å²) in [5.74, 6) is 1.18. The van der Waals surface area contributed by atoms with Gasteiger partial charge in [0.2, 0.25) is 5.78 Å². The van der Waals surface area contributed by atoms with Crippen LogP contribution in [0.25, 0.3) is 0 Å². The smallest absolute Gasteiger partial charge is 0.204 e. The summed E-state index contributed by atoms with van der Waals surface area (Å²) in [4.78, 5) is 12.8. The zero-order valence-electron chi connectivity index (χ0n) is 9.90. The third-order valence-corrected chi connectivity index (χ3v) is 3.68. The summed E-state index contributed by atoms with van der Waals surface area (Å²) in [5.41, 5.74) is 0.460. The number of methoxy groups -OCH3 is 2. The van der Waals surface area contributed by atoms with Gasteiger partial charge in [-0.15, -0.1) is 11.3 Å². The number of ether oxygens (including phenoxy) is 2. The molecule has 0 aliphatic carbocycles. The van der Waals surface area contributed by atoms with E-state index in [2.05, 4.69) is 0 Å². The van der Waals surface area contributed by atoms with Gasteiger partial charge in [-0.05, 0) is 18.2 Å². The minimum absolute atomic E-state index is 0.115. The Morgan fingerprint density at radius 3 is 2.44 bits per heavy atom. The summed E-state index contributed by atoms with van der Waals surface area (Å²) in [6.07, 6.45) is 0. The topological polar surface area (TPSA) is 35.5 Å². The van der Waals surface area contributed by atoms with Gasteiger partial charge in [-0.2, -0.15) is 0 Å². The largest absolute Gasteiger partial charge is 0.497 e. The fraction of sp³-hybridized carbons (Fsp3) is 0.154. The molecule has 1 heterocycles. The van der Waals surface area contributed by atoms with Crippen LogP contribution in [0.1, 0.15) is 15.2 Å². The van der Waals surface area contributed by atoms with Crippen LogP contribution in [0, 0.1) is 0 Å². The van der Waals surface area contributed by atoms with E-state index in [1.54, 1.807) is 43.9 Å². The summed E-state index contributed by atoms with van der Waals surface area (Å²) in [7, 11) is 3.12. The Kier molecular flexibility index (Phi) is 3.89. The van der Waals surface area contributed by atoms with E-state index in [4.69, 9.17) is 21.1 Å². The van der Waals surface area contributed by atoms with Gasteiger partial charge in [0.05, 0.1) is 24.1 Å². The molecule has 5 heteroatoms. The molecular formula is C13H11ClO3S. The number of carbonyl (C=O) groups is 1. The number of halogens is 1. The van der Waals surface area contributed by atoms with Crippen molar-refractivity contribution in [3.63, 3.8) is 0 Å². The van der Waals surface area contributed by atoms with E-state index in [1.807, 2.05) is 0 Å². The summed E-state index contributed by atoms with van der Waals surface area (Å²) < 4.78 is 10.1. The summed E-state index contributed by atoms with van der Waals surface area (Å²) in [6.45, 7) is 0. The summed E-state index contributed by atoms with van der Waals surface area (Å²) >= 11 is 7.40. The molecule has 18 heavy (non-hydrogen) atoms. The molecule has 1 aromatic heterocycles. The van der Waals surface area contributed by atoms with E-state index in [1.165, 1.54) is 11.3 Å². The van der Waals surface area contributed by atoms with E-state index >= 15 is 0 Å². The van der Waals surface area contributed by atoms with Crippen LogP contribution in [-0.4, -0.2) is 20.0 Å². The van der Waals surface area contributed by atoms with Crippen LogP contribution in [0.5, 0.6) is 11.5 Å². The van der Waals surface area contributed by atoms with Gasteiger partial charge in [-0.3, -0.25) is 4.79 Å². The van der Waals surface area contributed by atoms with E-state index in [0.29, 0.717) is 27.0 Å². The molecule has 94 valence electrons. The normalized spacial score (nSPS) is 10.2. The number of benzene rings is 1. The maximum Gasteiger partial charge on any atom is 0.204 e. The summed E-state index contributed by atoms with van der Waals surface area (Å²) in [5, 5.41) is 2.16. The number of rotatable bonds is 4. The van der Waals surface area contributed by atoms with Crippen LogP contribution in [0.3, 0.4) is 0 Å². The Morgan fingerprint density at radius 2 is 1.89 bits per heavy atom. The van der Waals surface area contributed by atoms with Gasteiger partial charge in [0.25, 0.3) is 0 Å². The zero-order valence-corrected chi connectivity index (χ0v) is 11.5. The number of hydrogen-bond acceptors (Lipinski definition) is 4. The predicted molar refractivity (Wildman–Crippen MR) is 72.3 cm³/mol. The van der Waals surface area contributed by atoms with Crippen LogP contribution in [0.2, 0.25) is 5.02 Å². The minimum atomic E-state index is -0.115.